The Morgan fingerprint density at radius 1 is 0.627 bits per heavy atom. The topological polar surface area (TPSA) is 212 Å². The minimum Gasteiger partial charge on any atom is -0.481 e. The summed E-state index contributed by atoms with van der Waals surface area (Å²) in [6.07, 6.45) is 20.0. The van der Waals surface area contributed by atoms with Crippen molar-refractivity contribution < 1.29 is 48.1 Å². The number of hydrogen-bond acceptors (Lipinski definition) is 10. The predicted octanol–water partition coefficient (Wildman–Crippen LogP) is 7.33. The summed E-state index contributed by atoms with van der Waals surface area (Å²) in [5.41, 5.74) is 5.47. The monoisotopic (exact) mass is 857 g/mol. The van der Waals surface area contributed by atoms with E-state index in [9.17, 15) is 33.6 Å². The number of nitrogens with one attached hydrogen (secondary N) is 2. The number of carboxylic acid groups (broad SMARTS) is 1. The number of rotatable bonds is 39. The molecular formula is C44H80N4O10S. The number of nitrogens with zero attached hydrogens (tertiary/aromatic N) is 1. The normalized spacial score (nSPS) is 13.1. The van der Waals surface area contributed by atoms with Crippen LogP contribution in [-0.4, -0.2) is 94.7 Å². The number of unbranched alkanes of at least 4 members (excludes halogenated alkanes) is 18. The zero-order valence-corrected chi connectivity index (χ0v) is 37.8. The third kappa shape index (κ3) is 29.5. The molecule has 0 aliphatic carbocycles. The van der Waals surface area contributed by atoms with E-state index in [0.29, 0.717) is 19.3 Å². The third-order valence-electron chi connectivity index (χ3n) is 10.4. The van der Waals surface area contributed by atoms with Gasteiger partial charge in [0.15, 0.2) is 6.10 Å². The molecule has 0 aliphatic rings. The van der Waals surface area contributed by atoms with Gasteiger partial charge in [-0.25, -0.2) is 0 Å². The van der Waals surface area contributed by atoms with Gasteiger partial charge < -0.3 is 35.8 Å². The Labute approximate surface area is 360 Å². The number of ether oxygens (including phenoxy) is 2. The lowest BCUT2D eigenvalue weighted by atomic mass is 10.1. The summed E-state index contributed by atoms with van der Waals surface area (Å²) in [5, 5.41) is 14.3. The summed E-state index contributed by atoms with van der Waals surface area (Å²) in [5.74, 6) is -5.21. The molecule has 0 aliphatic heterocycles. The van der Waals surface area contributed by atoms with Gasteiger partial charge in [-0.05, 0) is 32.6 Å². The maximum Gasteiger partial charge on any atom is 0.306 e. The molecule has 0 heterocycles. The van der Waals surface area contributed by atoms with Gasteiger partial charge in [-0.2, -0.15) is 12.6 Å². The highest BCUT2D eigenvalue weighted by molar-refractivity contribution is 7.80. The predicted molar refractivity (Wildman–Crippen MR) is 234 cm³/mol. The van der Waals surface area contributed by atoms with Gasteiger partial charge in [-0.15, -0.1) is 0 Å². The summed E-state index contributed by atoms with van der Waals surface area (Å²) in [7, 11) is 0. The van der Waals surface area contributed by atoms with Gasteiger partial charge in [0.1, 0.15) is 24.7 Å². The SMILES string of the molecule is CCCCCCCCCCCCCC(=O)NC(CS)C(=O)N(C[C@H](COC(=O)CCCCCCC)OC(=O)CCCCCCC)[C@@H](C)C(=O)N[C@H](CCC(=O)O)C(N)=O. The van der Waals surface area contributed by atoms with Crippen molar-refractivity contribution in [3.63, 3.8) is 0 Å². The Morgan fingerprint density at radius 3 is 1.54 bits per heavy atom. The first-order valence-corrected chi connectivity index (χ1v) is 23.3. The first kappa shape index (κ1) is 55.6. The van der Waals surface area contributed by atoms with E-state index in [1.807, 2.05) is 0 Å². The van der Waals surface area contributed by atoms with E-state index in [4.69, 9.17) is 20.3 Å². The highest BCUT2D eigenvalue weighted by atomic mass is 32.1. The second-order valence-electron chi connectivity index (χ2n) is 15.8. The Morgan fingerprint density at radius 2 is 1.08 bits per heavy atom. The molecular weight excluding hydrogens is 777 g/mol. The van der Waals surface area contributed by atoms with Crippen molar-refractivity contribution in [3.05, 3.63) is 0 Å². The minimum absolute atomic E-state index is 0.105. The fraction of sp³-hybridized carbons (Fsp3) is 0.841. The lowest BCUT2D eigenvalue weighted by molar-refractivity contribution is -0.163. The van der Waals surface area contributed by atoms with Crippen molar-refractivity contribution in [2.75, 3.05) is 18.9 Å². The van der Waals surface area contributed by atoms with Crippen LogP contribution in [0.3, 0.4) is 0 Å². The molecule has 0 radical (unpaired) electrons. The fourth-order valence-electron chi connectivity index (χ4n) is 6.62. The number of amides is 4. The summed E-state index contributed by atoms with van der Waals surface area (Å²) in [6, 6.07) is -3.85. The van der Waals surface area contributed by atoms with Crippen molar-refractivity contribution in [3.8, 4) is 0 Å². The van der Waals surface area contributed by atoms with Crippen molar-refractivity contribution in [2.24, 2.45) is 5.73 Å². The van der Waals surface area contributed by atoms with Crippen molar-refractivity contribution in [2.45, 2.75) is 219 Å². The number of thiol groups is 1. The first-order valence-electron chi connectivity index (χ1n) is 22.7. The van der Waals surface area contributed by atoms with Gasteiger partial charge in [0.05, 0.1) is 6.54 Å². The number of nitrogens with two attached hydrogens (primary N) is 1. The molecule has 0 aromatic rings. The van der Waals surface area contributed by atoms with Gasteiger partial charge in [0.25, 0.3) is 0 Å². The average molecular weight is 857 g/mol. The van der Waals surface area contributed by atoms with Crippen molar-refractivity contribution in [1.29, 1.82) is 0 Å². The quantitative estimate of drug-likeness (QED) is 0.0236. The van der Waals surface area contributed by atoms with E-state index in [1.54, 1.807) is 0 Å². The molecule has 0 fully saturated rings. The fourth-order valence-corrected chi connectivity index (χ4v) is 6.87. The highest BCUT2D eigenvalue weighted by Gasteiger charge is 2.35. The average Bonchev–Trinajstić information content (AvgIpc) is 3.20. The third-order valence-corrected chi connectivity index (χ3v) is 10.7. The summed E-state index contributed by atoms with van der Waals surface area (Å²) < 4.78 is 11.3. The molecule has 0 rings (SSSR count). The molecule has 4 atom stereocenters. The van der Waals surface area contributed by atoms with Crippen molar-refractivity contribution >= 4 is 54.2 Å². The second kappa shape index (κ2) is 36.5. The van der Waals surface area contributed by atoms with Gasteiger partial charge in [0.2, 0.25) is 23.6 Å². The van der Waals surface area contributed by atoms with Crippen LogP contribution in [0, 0.1) is 0 Å². The first-order chi connectivity index (χ1) is 28.3. The van der Waals surface area contributed by atoms with Crippen LogP contribution in [0.2, 0.25) is 0 Å². The van der Waals surface area contributed by atoms with Crippen LogP contribution in [-0.2, 0) is 43.0 Å². The van der Waals surface area contributed by atoms with E-state index >= 15 is 0 Å². The highest BCUT2D eigenvalue weighted by Crippen LogP contribution is 2.15. The van der Waals surface area contributed by atoms with Crippen molar-refractivity contribution in [1.82, 2.24) is 15.5 Å². The molecule has 59 heavy (non-hydrogen) atoms. The number of esters is 2. The lowest BCUT2D eigenvalue weighted by Gasteiger charge is -2.34. The smallest absolute Gasteiger partial charge is 0.306 e. The van der Waals surface area contributed by atoms with Gasteiger partial charge in [-0.1, -0.05) is 136 Å². The number of carboxylic acids is 1. The molecule has 0 aromatic heterocycles. The summed E-state index contributed by atoms with van der Waals surface area (Å²) in [6.45, 7) is 7.01. The van der Waals surface area contributed by atoms with E-state index < -0.39 is 72.8 Å². The van der Waals surface area contributed by atoms with Crippen LogP contribution in [0.15, 0.2) is 0 Å². The summed E-state index contributed by atoms with van der Waals surface area (Å²) in [4.78, 5) is 91.3. The molecule has 4 amide bonds. The Balaban J connectivity index is 6.04. The zero-order chi connectivity index (χ0) is 44.3. The maximum atomic E-state index is 14.3. The van der Waals surface area contributed by atoms with Crippen LogP contribution >= 0.6 is 12.6 Å². The Bertz CT molecular complexity index is 1210. The molecule has 0 saturated carbocycles. The van der Waals surface area contributed by atoms with Gasteiger partial charge >= 0.3 is 17.9 Å². The number of hydrogen-bond donors (Lipinski definition) is 5. The van der Waals surface area contributed by atoms with E-state index in [0.717, 1.165) is 75.5 Å². The maximum absolute atomic E-state index is 14.3. The standard InChI is InChI=1S/C44H80N4O10S/c1-5-8-11-14-15-16-17-18-19-22-23-26-38(49)46-37(33-59)44(56)48(34(4)43(55)47-36(42(45)54)29-30-39(50)51)31-35(58-41(53)28-25-21-13-10-7-3)32-57-40(52)27-24-20-12-9-6-2/h34-37,59H,5-33H2,1-4H3,(H2,45,54)(H,46,49)(H,47,55)(H,50,51)/t34-,35+,36+,37?/m0/s1. The largest absolute Gasteiger partial charge is 0.481 e. The van der Waals surface area contributed by atoms with E-state index in [-0.39, 0.29) is 44.0 Å². The molecule has 0 aromatic carbocycles. The molecule has 1 unspecified atom stereocenters. The number of primary amides is 1. The van der Waals surface area contributed by atoms with E-state index in [1.165, 1.54) is 51.9 Å². The molecule has 0 spiro atoms. The second-order valence-corrected chi connectivity index (χ2v) is 16.1. The van der Waals surface area contributed by atoms with Crippen LogP contribution in [0.1, 0.15) is 195 Å². The number of carbonyl (C=O) groups is 7. The van der Waals surface area contributed by atoms with Crippen LogP contribution in [0.5, 0.6) is 0 Å². The zero-order valence-electron chi connectivity index (χ0n) is 36.9. The molecule has 5 N–H and O–H groups in total. The Hall–Kier alpha value is -3.36. The number of aliphatic carboxylic acids is 1. The van der Waals surface area contributed by atoms with Gasteiger partial charge in [0, 0.05) is 31.4 Å². The minimum atomic E-state index is -1.34. The summed E-state index contributed by atoms with van der Waals surface area (Å²) >= 11 is 4.35. The molecule has 14 nitrogen and oxygen atoms in total. The van der Waals surface area contributed by atoms with Crippen LogP contribution in [0.4, 0.5) is 0 Å². The number of carbonyl (C=O) groups excluding carboxylic acids is 6. The Kier molecular flexibility index (Phi) is 34.4. The van der Waals surface area contributed by atoms with Gasteiger partial charge in [-0.3, -0.25) is 33.6 Å². The molecule has 0 saturated heterocycles. The molecule has 15 heteroatoms. The molecule has 342 valence electrons. The molecule has 0 bridgehead atoms. The van der Waals surface area contributed by atoms with Crippen LogP contribution < -0.4 is 16.4 Å². The lowest BCUT2D eigenvalue weighted by Crippen LogP contribution is -2.59. The van der Waals surface area contributed by atoms with Crippen LogP contribution in [0.25, 0.3) is 0 Å². The van der Waals surface area contributed by atoms with E-state index in [2.05, 4.69) is 44.0 Å².